The molecule has 1 aromatic carbocycles. The Bertz CT molecular complexity index is 358. The van der Waals surface area contributed by atoms with E-state index in [0.29, 0.717) is 5.56 Å². The van der Waals surface area contributed by atoms with Crippen molar-refractivity contribution in [1.82, 2.24) is 0 Å². The molecule has 3 nitrogen and oxygen atoms in total. The molecule has 1 rings (SSSR count). The maximum atomic E-state index is 10.3. The molecule has 0 unspecified atom stereocenters. The molecule has 0 aliphatic rings. The van der Waals surface area contributed by atoms with Gasteiger partial charge in [-0.25, -0.2) is 0 Å². The maximum absolute atomic E-state index is 10.3. The number of carbonyl (C=O) groups is 1. The van der Waals surface area contributed by atoms with Crippen LogP contribution in [0.2, 0.25) is 0 Å². The molecule has 0 radical (unpaired) electrons. The van der Waals surface area contributed by atoms with Crippen LogP contribution in [0.15, 0.2) is 24.3 Å². The van der Waals surface area contributed by atoms with Gasteiger partial charge in [0.15, 0.2) is 11.5 Å². The number of carbonyl (C=O) groups excluding carboxylic acids is 1. The summed E-state index contributed by atoms with van der Waals surface area (Å²) in [5, 5.41) is 17.4. The van der Waals surface area contributed by atoms with Gasteiger partial charge in [-0.3, -0.25) is 4.79 Å². The second-order valence-corrected chi connectivity index (χ2v) is 2.76. The van der Waals surface area contributed by atoms with Gasteiger partial charge in [0.05, 0.1) is 0 Å². The summed E-state index contributed by atoms with van der Waals surface area (Å²) in [6.07, 6.45) is 2.60. The fraction of sp³-hybridized carbons (Fsp3) is 0. The van der Waals surface area contributed by atoms with E-state index >= 15 is 0 Å². The highest BCUT2D eigenvalue weighted by atomic mass is 35.5. The predicted octanol–water partition coefficient (Wildman–Crippen LogP) is 1.88. The Hall–Kier alpha value is -1.48. The molecule has 0 aromatic heterocycles. The zero-order chi connectivity index (χ0) is 9.84. The first-order valence-electron chi connectivity index (χ1n) is 3.49. The van der Waals surface area contributed by atoms with Gasteiger partial charge in [-0.15, -0.1) is 0 Å². The van der Waals surface area contributed by atoms with Crippen molar-refractivity contribution >= 4 is 22.9 Å². The molecular weight excluding hydrogens is 192 g/mol. The van der Waals surface area contributed by atoms with Crippen molar-refractivity contribution < 1.29 is 15.0 Å². The van der Waals surface area contributed by atoms with E-state index in [-0.39, 0.29) is 11.5 Å². The summed E-state index contributed by atoms with van der Waals surface area (Å²) < 4.78 is 0. The Kier molecular flexibility index (Phi) is 2.93. The Morgan fingerprint density at radius 1 is 1.31 bits per heavy atom. The molecular formula is C9H7ClO3. The quantitative estimate of drug-likeness (QED) is 0.433. The van der Waals surface area contributed by atoms with E-state index in [9.17, 15) is 4.79 Å². The zero-order valence-corrected chi connectivity index (χ0v) is 7.32. The second-order valence-electron chi connectivity index (χ2n) is 2.39. The van der Waals surface area contributed by atoms with Crippen LogP contribution in [-0.2, 0) is 4.79 Å². The van der Waals surface area contributed by atoms with Crippen molar-refractivity contribution in [1.29, 1.82) is 0 Å². The zero-order valence-electron chi connectivity index (χ0n) is 6.57. The van der Waals surface area contributed by atoms with Crippen LogP contribution in [0.1, 0.15) is 5.56 Å². The van der Waals surface area contributed by atoms with Crippen LogP contribution in [0.5, 0.6) is 11.5 Å². The standard InChI is InChI=1S/C9H7ClO3/c10-9(13)4-2-6-1-3-7(11)8(12)5-6/h1-5,11-12H. The molecule has 0 spiro atoms. The molecule has 0 saturated carbocycles. The van der Waals surface area contributed by atoms with Gasteiger partial charge in [0.1, 0.15) is 0 Å². The van der Waals surface area contributed by atoms with Crippen molar-refractivity contribution in [2.45, 2.75) is 0 Å². The SMILES string of the molecule is O=C(Cl)C=Cc1ccc(O)c(O)c1. The summed E-state index contributed by atoms with van der Waals surface area (Å²) in [7, 11) is 0. The van der Waals surface area contributed by atoms with Crippen molar-refractivity contribution in [3.8, 4) is 11.5 Å². The number of hydrogen-bond acceptors (Lipinski definition) is 3. The lowest BCUT2D eigenvalue weighted by Gasteiger charge is -1.97. The number of benzene rings is 1. The second kappa shape index (κ2) is 3.96. The van der Waals surface area contributed by atoms with Crippen molar-refractivity contribution in [2.24, 2.45) is 0 Å². The van der Waals surface area contributed by atoms with Gasteiger partial charge in [0, 0.05) is 0 Å². The Morgan fingerprint density at radius 2 is 2.00 bits per heavy atom. The van der Waals surface area contributed by atoms with E-state index in [1.54, 1.807) is 6.07 Å². The monoisotopic (exact) mass is 198 g/mol. The van der Waals surface area contributed by atoms with Crippen LogP contribution in [0, 0.1) is 0 Å². The van der Waals surface area contributed by atoms with Gasteiger partial charge in [-0.1, -0.05) is 12.1 Å². The lowest BCUT2D eigenvalue weighted by atomic mass is 10.2. The van der Waals surface area contributed by atoms with Crippen LogP contribution < -0.4 is 0 Å². The van der Waals surface area contributed by atoms with E-state index in [0.717, 1.165) is 6.08 Å². The first-order valence-corrected chi connectivity index (χ1v) is 3.87. The van der Waals surface area contributed by atoms with Gasteiger partial charge in [0.2, 0.25) is 5.24 Å². The molecule has 0 atom stereocenters. The minimum Gasteiger partial charge on any atom is -0.504 e. The van der Waals surface area contributed by atoms with Crippen LogP contribution in [0.4, 0.5) is 0 Å². The summed E-state index contributed by atoms with van der Waals surface area (Å²) in [6, 6.07) is 4.20. The number of phenolic OH excluding ortho intramolecular Hbond substituents is 2. The molecule has 4 heteroatoms. The average molecular weight is 199 g/mol. The molecule has 0 amide bonds. The first-order chi connectivity index (χ1) is 6.09. The Morgan fingerprint density at radius 3 is 2.54 bits per heavy atom. The topological polar surface area (TPSA) is 57.5 Å². The maximum Gasteiger partial charge on any atom is 0.245 e. The summed E-state index contributed by atoms with van der Waals surface area (Å²) in [6.45, 7) is 0. The van der Waals surface area contributed by atoms with Gasteiger partial charge in [-0.05, 0) is 35.4 Å². The van der Waals surface area contributed by atoms with Crippen LogP contribution >= 0.6 is 11.6 Å². The van der Waals surface area contributed by atoms with Gasteiger partial charge < -0.3 is 10.2 Å². The van der Waals surface area contributed by atoms with Crippen LogP contribution in [0.25, 0.3) is 6.08 Å². The summed E-state index contributed by atoms with van der Waals surface area (Å²) in [4.78, 5) is 10.3. The van der Waals surface area contributed by atoms with E-state index in [4.69, 9.17) is 21.8 Å². The Labute approximate surface area is 79.9 Å². The molecule has 0 bridgehead atoms. The smallest absolute Gasteiger partial charge is 0.245 e. The van der Waals surface area contributed by atoms with E-state index in [1.807, 2.05) is 0 Å². The van der Waals surface area contributed by atoms with Crippen LogP contribution in [0.3, 0.4) is 0 Å². The van der Waals surface area contributed by atoms with E-state index < -0.39 is 5.24 Å². The molecule has 0 saturated heterocycles. The lowest BCUT2D eigenvalue weighted by molar-refractivity contribution is -0.107. The highest BCUT2D eigenvalue weighted by Crippen LogP contribution is 2.25. The highest BCUT2D eigenvalue weighted by Gasteiger charge is 1.97. The largest absolute Gasteiger partial charge is 0.504 e. The minimum atomic E-state index is -0.590. The highest BCUT2D eigenvalue weighted by molar-refractivity contribution is 6.66. The number of hydrogen-bond donors (Lipinski definition) is 2. The van der Waals surface area contributed by atoms with Crippen molar-refractivity contribution in [3.63, 3.8) is 0 Å². The molecule has 13 heavy (non-hydrogen) atoms. The molecule has 68 valence electrons. The summed E-state index contributed by atoms with van der Waals surface area (Å²) in [5.74, 6) is -0.432. The fourth-order valence-electron chi connectivity index (χ4n) is 0.806. The normalized spacial score (nSPS) is 10.5. The number of halogens is 1. The van der Waals surface area contributed by atoms with Gasteiger partial charge >= 0.3 is 0 Å². The lowest BCUT2D eigenvalue weighted by Crippen LogP contribution is -1.77. The fourth-order valence-corrected chi connectivity index (χ4v) is 0.869. The first kappa shape index (κ1) is 9.61. The van der Waals surface area contributed by atoms with Gasteiger partial charge in [-0.2, -0.15) is 0 Å². The van der Waals surface area contributed by atoms with Crippen LogP contribution in [-0.4, -0.2) is 15.5 Å². The summed E-state index contributed by atoms with van der Waals surface area (Å²) >= 11 is 5.06. The minimum absolute atomic E-state index is 0.200. The van der Waals surface area contributed by atoms with Crippen molar-refractivity contribution in [2.75, 3.05) is 0 Å². The average Bonchev–Trinajstić information content (AvgIpc) is 2.07. The molecule has 0 aliphatic heterocycles. The molecule has 0 heterocycles. The molecule has 2 N–H and O–H groups in total. The third-order valence-electron chi connectivity index (χ3n) is 1.41. The van der Waals surface area contributed by atoms with E-state index in [1.165, 1.54) is 18.2 Å². The summed E-state index contributed by atoms with van der Waals surface area (Å²) in [5.41, 5.74) is 0.587. The third-order valence-corrected chi connectivity index (χ3v) is 1.53. The molecule has 0 fully saturated rings. The number of phenols is 2. The third kappa shape index (κ3) is 2.80. The number of rotatable bonds is 2. The van der Waals surface area contributed by atoms with Crippen molar-refractivity contribution in [3.05, 3.63) is 29.8 Å². The Balaban J connectivity index is 2.92. The molecule has 1 aromatic rings. The predicted molar refractivity (Wildman–Crippen MR) is 49.7 cm³/mol. The number of aromatic hydroxyl groups is 2. The van der Waals surface area contributed by atoms with E-state index in [2.05, 4.69) is 0 Å². The number of allylic oxidation sites excluding steroid dienone is 1. The van der Waals surface area contributed by atoms with Gasteiger partial charge in [0.25, 0.3) is 0 Å². The molecule has 0 aliphatic carbocycles.